The Labute approximate surface area is 151 Å². The van der Waals surface area contributed by atoms with Crippen molar-refractivity contribution in [1.82, 2.24) is 15.0 Å². The van der Waals surface area contributed by atoms with E-state index >= 15 is 0 Å². The maximum absolute atomic E-state index is 12.8. The van der Waals surface area contributed by atoms with E-state index in [2.05, 4.69) is 15.0 Å². The second kappa shape index (κ2) is 7.61. The molecule has 0 spiro atoms. The standard InChI is InChI=1S/C15H18N4O4S.ClH/c1-10-6-8-16-9-12(10)18-24(22,23)14-5-4-13(19(20)21)11-3-2-7-17-15(11)14;/h2-5,7,10,12,16,18H,6,8-9H2,1H3;1H. The number of rotatable bonds is 4. The molecule has 1 aliphatic heterocycles. The zero-order valence-corrected chi connectivity index (χ0v) is 15.1. The van der Waals surface area contributed by atoms with E-state index in [-0.39, 0.29) is 45.9 Å². The number of nitro benzene ring substituents is 1. The summed E-state index contributed by atoms with van der Waals surface area (Å²) in [7, 11) is -3.84. The number of hydrogen-bond acceptors (Lipinski definition) is 6. The molecule has 0 saturated carbocycles. The van der Waals surface area contributed by atoms with Gasteiger partial charge in [0.05, 0.1) is 15.8 Å². The average Bonchev–Trinajstić information content (AvgIpc) is 2.55. The summed E-state index contributed by atoms with van der Waals surface area (Å²) in [5.41, 5.74) is -0.0552. The molecular weight excluding hydrogens is 368 g/mol. The van der Waals surface area contributed by atoms with Gasteiger partial charge in [-0.25, -0.2) is 13.1 Å². The van der Waals surface area contributed by atoms with Crippen molar-refractivity contribution in [2.75, 3.05) is 13.1 Å². The molecule has 2 N–H and O–H groups in total. The highest BCUT2D eigenvalue weighted by atomic mass is 35.5. The van der Waals surface area contributed by atoms with Crippen LogP contribution in [0.25, 0.3) is 10.9 Å². The first-order valence-corrected chi connectivity index (χ1v) is 9.13. The minimum absolute atomic E-state index is 0. The van der Waals surface area contributed by atoms with Crippen LogP contribution in [0, 0.1) is 16.0 Å². The van der Waals surface area contributed by atoms with Crippen molar-refractivity contribution in [1.29, 1.82) is 0 Å². The van der Waals surface area contributed by atoms with Crippen LogP contribution in [0.15, 0.2) is 35.4 Å². The number of pyridine rings is 1. The summed E-state index contributed by atoms with van der Waals surface area (Å²) in [6.45, 7) is 3.42. The first-order chi connectivity index (χ1) is 11.4. The maximum Gasteiger partial charge on any atom is 0.278 e. The third kappa shape index (κ3) is 3.90. The second-order valence-corrected chi connectivity index (χ2v) is 7.62. The highest BCUT2D eigenvalue weighted by Gasteiger charge is 2.29. The van der Waals surface area contributed by atoms with Gasteiger partial charge in [-0.2, -0.15) is 0 Å². The fourth-order valence-electron chi connectivity index (χ4n) is 2.92. The van der Waals surface area contributed by atoms with Crippen molar-refractivity contribution in [3.63, 3.8) is 0 Å². The lowest BCUT2D eigenvalue weighted by Crippen LogP contribution is -2.50. The number of nitrogens with zero attached hydrogens (tertiary/aromatic N) is 2. The SMILES string of the molecule is CC1CCNCC1NS(=O)(=O)c1ccc([N+](=O)[O-])c2cccnc12.Cl. The average molecular weight is 387 g/mol. The minimum atomic E-state index is -3.84. The van der Waals surface area contributed by atoms with E-state index in [1.807, 2.05) is 6.92 Å². The van der Waals surface area contributed by atoms with Crippen LogP contribution in [0.2, 0.25) is 0 Å². The van der Waals surface area contributed by atoms with Gasteiger partial charge in [-0.1, -0.05) is 6.92 Å². The molecule has 3 rings (SSSR count). The Morgan fingerprint density at radius 2 is 2.12 bits per heavy atom. The summed E-state index contributed by atoms with van der Waals surface area (Å²) in [5, 5.41) is 14.5. The lowest BCUT2D eigenvalue weighted by Gasteiger charge is -2.30. The largest absolute Gasteiger partial charge is 0.315 e. The third-order valence-electron chi connectivity index (χ3n) is 4.33. The zero-order chi connectivity index (χ0) is 17.3. The van der Waals surface area contributed by atoms with Crippen LogP contribution >= 0.6 is 12.4 Å². The van der Waals surface area contributed by atoms with Crippen molar-refractivity contribution in [3.8, 4) is 0 Å². The number of fused-ring (bicyclic) bond motifs is 1. The lowest BCUT2D eigenvalue weighted by atomic mass is 9.96. The molecular formula is C15H19ClN4O4S. The van der Waals surface area contributed by atoms with Gasteiger partial charge in [0.2, 0.25) is 10.0 Å². The molecule has 2 atom stereocenters. The Morgan fingerprint density at radius 3 is 2.80 bits per heavy atom. The zero-order valence-electron chi connectivity index (χ0n) is 13.5. The molecule has 0 aliphatic carbocycles. The molecule has 0 bridgehead atoms. The predicted molar refractivity (Wildman–Crippen MR) is 96.4 cm³/mol. The number of benzene rings is 1. The van der Waals surface area contributed by atoms with Crippen LogP contribution in [0.4, 0.5) is 5.69 Å². The van der Waals surface area contributed by atoms with E-state index in [1.54, 1.807) is 6.07 Å². The van der Waals surface area contributed by atoms with Crippen molar-refractivity contribution >= 4 is 39.0 Å². The molecule has 2 aromatic rings. The Balaban J connectivity index is 0.00000225. The van der Waals surface area contributed by atoms with Gasteiger partial charge in [0.15, 0.2) is 0 Å². The fourth-order valence-corrected chi connectivity index (χ4v) is 4.42. The summed E-state index contributed by atoms with van der Waals surface area (Å²) >= 11 is 0. The van der Waals surface area contributed by atoms with E-state index in [1.165, 1.54) is 24.4 Å². The molecule has 2 unspecified atom stereocenters. The molecule has 1 aromatic carbocycles. The molecule has 1 aliphatic rings. The normalized spacial score (nSPS) is 20.8. The second-order valence-electron chi connectivity index (χ2n) is 5.94. The third-order valence-corrected chi connectivity index (χ3v) is 5.85. The Kier molecular flexibility index (Phi) is 5.94. The summed E-state index contributed by atoms with van der Waals surface area (Å²) in [6, 6.07) is 5.28. The lowest BCUT2D eigenvalue weighted by molar-refractivity contribution is -0.383. The first-order valence-electron chi connectivity index (χ1n) is 7.65. The Morgan fingerprint density at radius 1 is 1.36 bits per heavy atom. The van der Waals surface area contributed by atoms with Crippen LogP contribution in [0.3, 0.4) is 0 Å². The Hall–Kier alpha value is -1.81. The van der Waals surface area contributed by atoms with Crippen LogP contribution in [0.5, 0.6) is 0 Å². The smallest absolute Gasteiger partial charge is 0.278 e. The van der Waals surface area contributed by atoms with E-state index in [9.17, 15) is 18.5 Å². The summed E-state index contributed by atoms with van der Waals surface area (Å²) in [4.78, 5) is 14.6. The van der Waals surface area contributed by atoms with Gasteiger partial charge in [-0.3, -0.25) is 15.1 Å². The fraction of sp³-hybridized carbons (Fsp3) is 0.400. The van der Waals surface area contributed by atoms with Crippen molar-refractivity contribution in [3.05, 3.63) is 40.6 Å². The number of halogens is 1. The molecule has 1 saturated heterocycles. The number of hydrogen-bond donors (Lipinski definition) is 2. The van der Waals surface area contributed by atoms with E-state index in [4.69, 9.17) is 0 Å². The van der Waals surface area contributed by atoms with Crippen LogP contribution in [0.1, 0.15) is 13.3 Å². The molecule has 8 nitrogen and oxygen atoms in total. The van der Waals surface area contributed by atoms with Crippen molar-refractivity contribution < 1.29 is 13.3 Å². The maximum atomic E-state index is 12.8. The number of non-ortho nitro benzene ring substituents is 1. The topological polar surface area (TPSA) is 114 Å². The van der Waals surface area contributed by atoms with Crippen LogP contribution in [-0.4, -0.2) is 37.5 Å². The van der Waals surface area contributed by atoms with Gasteiger partial charge in [-0.15, -0.1) is 12.4 Å². The van der Waals surface area contributed by atoms with Gasteiger partial charge in [0.25, 0.3) is 5.69 Å². The molecule has 10 heteroatoms. The highest BCUT2D eigenvalue weighted by molar-refractivity contribution is 7.89. The predicted octanol–water partition coefficient (Wildman–Crippen LogP) is 1.84. The number of nitro groups is 1. The molecule has 136 valence electrons. The van der Waals surface area contributed by atoms with Gasteiger partial charge in [0, 0.05) is 24.8 Å². The van der Waals surface area contributed by atoms with Gasteiger partial charge in [0.1, 0.15) is 4.90 Å². The summed E-state index contributed by atoms with van der Waals surface area (Å²) in [5.74, 6) is 0.207. The molecule has 25 heavy (non-hydrogen) atoms. The van der Waals surface area contributed by atoms with Crippen LogP contribution in [-0.2, 0) is 10.0 Å². The monoisotopic (exact) mass is 386 g/mol. The molecule has 1 fully saturated rings. The van der Waals surface area contributed by atoms with E-state index < -0.39 is 14.9 Å². The van der Waals surface area contributed by atoms with Gasteiger partial charge < -0.3 is 5.32 Å². The van der Waals surface area contributed by atoms with Gasteiger partial charge in [-0.05, 0) is 37.1 Å². The quantitative estimate of drug-likeness (QED) is 0.612. The van der Waals surface area contributed by atoms with E-state index in [0.717, 1.165) is 13.0 Å². The van der Waals surface area contributed by atoms with Crippen LogP contribution < -0.4 is 10.0 Å². The summed E-state index contributed by atoms with van der Waals surface area (Å²) < 4.78 is 28.3. The van der Waals surface area contributed by atoms with E-state index in [0.29, 0.717) is 6.54 Å². The Bertz CT molecular complexity index is 890. The number of piperidine rings is 1. The van der Waals surface area contributed by atoms with Crippen molar-refractivity contribution in [2.24, 2.45) is 5.92 Å². The summed E-state index contributed by atoms with van der Waals surface area (Å²) in [6.07, 6.45) is 2.31. The number of nitrogens with one attached hydrogen (secondary N) is 2. The minimum Gasteiger partial charge on any atom is -0.315 e. The number of sulfonamides is 1. The molecule has 2 heterocycles. The first kappa shape index (κ1) is 19.5. The van der Waals surface area contributed by atoms with Gasteiger partial charge >= 0.3 is 0 Å². The molecule has 0 radical (unpaired) electrons. The number of aromatic nitrogens is 1. The van der Waals surface area contributed by atoms with Crippen molar-refractivity contribution in [2.45, 2.75) is 24.3 Å². The highest BCUT2D eigenvalue weighted by Crippen LogP contribution is 2.29. The molecule has 1 aromatic heterocycles. The molecule has 0 amide bonds.